The summed E-state index contributed by atoms with van der Waals surface area (Å²) in [6.45, 7) is -1.58. The van der Waals surface area contributed by atoms with Crippen LogP contribution in [0.5, 0.6) is 0 Å². The van der Waals surface area contributed by atoms with Crippen molar-refractivity contribution in [3.05, 3.63) is 12.2 Å². The Balaban J connectivity index is 3.47. The molecule has 0 unspecified atom stereocenters. The smallest absolute Gasteiger partial charge is 0.321 e. The van der Waals surface area contributed by atoms with Crippen LogP contribution in [0.4, 0.5) is 0 Å². The number of rotatable bonds is 21. The molecule has 0 radical (unpaired) electrons. The topological polar surface area (TPSA) is 85.2 Å². The van der Waals surface area contributed by atoms with Crippen LogP contribution in [0.15, 0.2) is 12.2 Å². The minimum absolute atomic E-state index is 0.00966. The third kappa shape index (κ3) is 22.4. The van der Waals surface area contributed by atoms with Gasteiger partial charge in [-0.1, -0.05) is 70.4 Å². The second-order valence-corrected chi connectivity index (χ2v) is 10.3. The van der Waals surface area contributed by atoms with Crippen molar-refractivity contribution in [2.24, 2.45) is 0 Å². The summed E-state index contributed by atoms with van der Waals surface area (Å²) < 4.78 is 14.9. The van der Waals surface area contributed by atoms with E-state index in [9.17, 15) is 4.79 Å². The zero-order valence-electron chi connectivity index (χ0n) is 18.9. The van der Waals surface area contributed by atoms with E-state index in [1.165, 1.54) is 64.9 Å². The molecule has 0 rings (SSSR count). The van der Waals surface area contributed by atoms with E-state index in [2.05, 4.69) is 30.9 Å². The molecule has 0 bridgehead atoms. The molecule has 0 aromatic heterocycles. The van der Waals surface area contributed by atoms with Gasteiger partial charge in [-0.15, -0.1) is 0 Å². The average Bonchev–Trinajstić information content (AvgIpc) is 2.70. The molecule has 8 heteroatoms. The first-order chi connectivity index (χ1) is 14.4. The SMILES string of the molecule is CCCCCCCC/C=C\CCCCCCCC(=O)OC[C@@H](COP(O)(O)=S)OC. The normalized spacial score (nSPS) is 13.1. The standard InChI is InChI=1S/C22H43O6PS/c1-3-4-5-6-7-8-9-10-11-12-13-14-15-16-17-18-22(23)27-19-21(26-2)20-28-29(24,25)30/h10-11,21H,3-9,12-20H2,1-2H3,(H2,24,25,30)/b11-10-/t21-/m0/s1. The fourth-order valence-electron chi connectivity index (χ4n) is 2.96. The van der Waals surface area contributed by atoms with E-state index in [1.807, 2.05) is 0 Å². The average molecular weight is 467 g/mol. The Morgan fingerprint density at radius 3 is 1.97 bits per heavy atom. The van der Waals surface area contributed by atoms with Crippen molar-refractivity contribution in [2.45, 2.75) is 103 Å². The van der Waals surface area contributed by atoms with Crippen molar-refractivity contribution >= 4 is 24.5 Å². The summed E-state index contributed by atoms with van der Waals surface area (Å²) in [6, 6.07) is 0. The molecule has 0 aromatic carbocycles. The van der Waals surface area contributed by atoms with Crippen LogP contribution in [0.2, 0.25) is 0 Å². The van der Waals surface area contributed by atoms with Crippen LogP contribution in [0.25, 0.3) is 0 Å². The highest BCUT2D eigenvalue weighted by atomic mass is 32.5. The van der Waals surface area contributed by atoms with E-state index in [0.717, 1.165) is 25.7 Å². The minimum Gasteiger partial charge on any atom is -0.463 e. The molecule has 6 nitrogen and oxygen atoms in total. The zero-order valence-corrected chi connectivity index (χ0v) is 20.6. The van der Waals surface area contributed by atoms with Crippen LogP contribution in [-0.4, -0.2) is 42.2 Å². The lowest BCUT2D eigenvalue weighted by Gasteiger charge is -2.17. The highest BCUT2D eigenvalue weighted by molar-refractivity contribution is 8.06. The van der Waals surface area contributed by atoms with Crippen LogP contribution in [-0.2, 0) is 30.6 Å². The van der Waals surface area contributed by atoms with Gasteiger partial charge in [-0.25, -0.2) is 0 Å². The lowest BCUT2D eigenvalue weighted by Crippen LogP contribution is -2.25. The molecule has 0 aliphatic heterocycles. The first kappa shape index (κ1) is 29.7. The Kier molecular flexibility index (Phi) is 20.4. The maximum atomic E-state index is 11.8. The second kappa shape index (κ2) is 20.6. The van der Waals surface area contributed by atoms with Gasteiger partial charge in [0.15, 0.2) is 0 Å². The summed E-state index contributed by atoms with van der Waals surface area (Å²) in [7, 11) is 1.43. The van der Waals surface area contributed by atoms with E-state index in [0.29, 0.717) is 6.42 Å². The fraction of sp³-hybridized carbons (Fsp3) is 0.864. The van der Waals surface area contributed by atoms with Gasteiger partial charge in [0.2, 0.25) is 0 Å². The Labute approximate surface area is 188 Å². The number of ether oxygens (including phenoxy) is 2. The Morgan fingerprint density at radius 2 is 1.43 bits per heavy atom. The number of carbonyl (C=O) groups is 1. The summed E-state index contributed by atoms with van der Waals surface area (Å²) in [4.78, 5) is 29.8. The number of carbonyl (C=O) groups excluding carboxylic acids is 1. The maximum absolute atomic E-state index is 11.8. The lowest BCUT2D eigenvalue weighted by atomic mass is 10.1. The van der Waals surface area contributed by atoms with Crippen molar-refractivity contribution < 1.29 is 28.6 Å². The molecule has 1 atom stereocenters. The van der Waals surface area contributed by atoms with E-state index < -0.39 is 12.8 Å². The lowest BCUT2D eigenvalue weighted by molar-refractivity contribution is -0.148. The molecule has 0 aliphatic carbocycles. The summed E-state index contributed by atoms with van der Waals surface area (Å²) in [6.07, 6.45) is 20.3. The van der Waals surface area contributed by atoms with Gasteiger partial charge in [-0.05, 0) is 43.9 Å². The van der Waals surface area contributed by atoms with Gasteiger partial charge in [-0.2, -0.15) is 0 Å². The van der Waals surface area contributed by atoms with Crippen LogP contribution in [0.3, 0.4) is 0 Å². The monoisotopic (exact) mass is 466 g/mol. The molecule has 0 fully saturated rings. The highest BCUT2D eigenvalue weighted by Gasteiger charge is 2.16. The summed E-state index contributed by atoms with van der Waals surface area (Å²) in [5.74, 6) is -0.276. The molecule has 0 saturated heterocycles. The van der Waals surface area contributed by atoms with Crippen molar-refractivity contribution in [3.63, 3.8) is 0 Å². The number of hydrogen-bond acceptors (Lipinski definition) is 5. The van der Waals surface area contributed by atoms with Gasteiger partial charge >= 0.3 is 12.7 Å². The Morgan fingerprint density at radius 1 is 0.900 bits per heavy atom. The number of unbranched alkanes of at least 4 members (excludes halogenated alkanes) is 11. The quantitative estimate of drug-likeness (QED) is 0.0956. The molecule has 0 heterocycles. The van der Waals surface area contributed by atoms with Gasteiger partial charge in [-0.3, -0.25) is 4.79 Å². The number of allylic oxidation sites excluding steroid dienone is 2. The molecule has 178 valence electrons. The van der Waals surface area contributed by atoms with E-state index >= 15 is 0 Å². The third-order valence-corrected chi connectivity index (χ3v) is 5.64. The summed E-state index contributed by atoms with van der Waals surface area (Å²) in [5.41, 5.74) is 0. The molecule has 30 heavy (non-hydrogen) atoms. The van der Waals surface area contributed by atoms with Gasteiger partial charge in [0, 0.05) is 13.5 Å². The van der Waals surface area contributed by atoms with Crippen molar-refractivity contribution in [1.82, 2.24) is 0 Å². The van der Waals surface area contributed by atoms with Gasteiger partial charge < -0.3 is 23.8 Å². The van der Waals surface area contributed by atoms with Crippen LogP contribution < -0.4 is 0 Å². The molecule has 2 N–H and O–H groups in total. The predicted octanol–water partition coefficient (Wildman–Crippen LogP) is 5.81. The zero-order chi connectivity index (χ0) is 22.5. The van der Waals surface area contributed by atoms with Crippen molar-refractivity contribution in [2.75, 3.05) is 20.3 Å². The molecule has 0 aliphatic rings. The first-order valence-electron chi connectivity index (χ1n) is 11.4. The minimum atomic E-state index is -3.72. The van der Waals surface area contributed by atoms with Crippen molar-refractivity contribution in [3.8, 4) is 0 Å². The van der Waals surface area contributed by atoms with Gasteiger partial charge in [0.25, 0.3) is 0 Å². The van der Waals surface area contributed by atoms with Crippen molar-refractivity contribution in [1.29, 1.82) is 0 Å². The number of hydrogen-bond donors (Lipinski definition) is 2. The van der Waals surface area contributed by atoms with Gasteiger partial charge in [0.05, 0.1) is 6.61 Å². The van der Waals surface area contributed by atoms with Crippen LogP contribution >= 0.6 is 6.72 Å². The molecular weight excluding hydrogens is 423 g/mol. The molecule has 0 amide bonds. The Hall–Kier alpha value is -0.300. The second-order valence-electron chi connectivity index (χ2n) is 7.66. The van der Waals surface area contributed by atoms with E-state index in [1.54, 1.807) is 0 Å². The molecule has 0 aromatic rings. The first-order valence-corrected chi connectivity index (χ1v) is 14.0. The molecular formula is C22H43O6PS. The maximum Gasteiger partial charge on any atom is 0.321 e. The number of esters is 1. The molecule has 0 spiro atoms. The van der Waals surface area contributed by atoms with E-state index in [-0.39, 0.29) is 19.2 Å². The van der Waals surface area contributed by atoms with Gasteiger partial charge in [0.1, 0.15) is 12.7 Å². The fourth-order valence-corrected chi connectivity index (χ4v) is 3.51. The predicted molar refractivity (Wildman–Crippen MR) is 126 cm³/mol. The van der Waals surface area contributed by atoms with Crippen LogP contribution in [0, 0.1) is 0 Å². The summed E-state index contributed by atoms with van der Waals surface area (Å²) >= 11 is 4.37. The van der Waals surface area contributed by atoms with Crippen LogP contribution in [0.1, 0.15) is 96.8 Å². The molecule has 0 saturated carbocycles. The van der Waals surface area contributed by atoms with E-state index in [4.69, 9.17) is 23.8 Å². The summed E-state index contributed by atoms with van der Waals surface area (Å²) in [5, 5.41) is 0. The number of methoxy groups -OCH3 is 1. The highest BCUT2D eigenvalue weighted by Crippen LogP contribution is 2.36. The largest absolute Gasteiger partial charge is 0.463 e. The Bertz CT molecular complexity index is 480. The third-order valence-electron chi connectivity index (χ3n) is 4.83.